The van der Waals surface area contributed by atoms with Crippen molar-refractivity contribution in [1.82, 2.24) is 0 Å². The van der Waals surface area contributed by atoms with Crippen LogP contribution in [0.15, 0.2) is 18.2 Å². The molecule has 136 valence electrons. The molecule has 1 aliphatic rings. The molecule has 0 radical (unpaired) electrons. The summed E-state index contributed by atoms with van der Waals surface area (Å²) in [5.41, 5.74) is 5.57. The van der Waals surface area contributed by atoms with E-state index in [4.69, 9.17) is 0 Å². The highest BCUT2D eigenvalue weighted by Crippen LogP contribution is 2.50. The standard InChI is InChI=1S/C21H39NSi2/c1-15(2)24(16(3)4,17(5)6)22-18(7)14-19-20(22)12-11-13-21(19)23(8,9)10/h11-13,15-18H,14H2,1-10H3. The van der Waals surface area contributed by atoms with Crippen LogP contribution in [-0.4, -0.2) is 22.4 Å². The SMILES string of the molecule is CC1Cc2c(cccc2[Si](C)(C)C)N1[Si](C(C)C)(C(C)C)C(C)C. The molecule has 1 unspecified atom stereocenters. The van der Waals surface area contributed by atoms with E-state index < -0.39 is 16.3 Å². The number of hydrogen-bond acceptors (Lipinski definition) is 1. The molecule has 0 saturated heterocycles. The van der Waals surface area contributed by atoms with Crippen LogP contribution in [0.3, 0.4) is 0 Å². The monoisotopic (exact) mass is 361 g/mol. The lowest BCUT2D eigenvalue weighted by Crippen LogP contribution is -2.62. The summed E-state index contributed by atoms with van der Waals surface area (Å²) >= 11 is 0. The number of benzene rings is 1. The van der Waals surface area contributed by atoms with E-state index in [2.05, 4.69) is 90.9 Å². The Morgan fingerprint density at radius 3 is 1.83 bits per heavy atom. The number of fused-ring (bicyclic) bond motifs is 1. The van der Waals surface area contributed by atoms with E-state index in [9.17, 15) is 0 Å². The molecule has 0 aromatic heterocycles. The summed E-state index contributed by atoms with van der Waals surface area (Å²) in [5, 5.41) is 1.69. The van der Waals surface area contributed by atoms with Crippen LogP contribution in [0.1, 0.15) is 54.0 Å². The summed E-state index contributed by atoms with van der Waals surface area (Å²) in [7, 11) is -2.94. The van der Waals surface area contributed by atoms with Gasteiger partial charge < -0.3 is 4.57 Å². The Labute approximate surface area is 153 Å². The minimum atomic E-state index is -1.64. The van der Waals surface area contributed by atoms with E-state index >= 15 is 0 Å². The molecule has 1 aromatic carbocycles. The molecular formula is C21H39NSi2. The third-order valence-corrected chi connectivity index (χ3v) is 15.5. The van der Waals surface area contributed by atoms with E-state index in [0.717, 1.165) is 16.6 Å². The van der Waals surface area contributed by atoms with Crippen molar-refractivity contribution in [2.45, 2.75) is 97.2 Å². The second-order valence-electron chi connectivity index (χ2n) is 9.83. The van der Waals surface area contributed by atoms with Crippen LogP contribution in [0.2, 0.25) is 36.3 Å². The first-order chi connectivity index (χ1) is 11.0. The van der Waals surface area contributed by atoms with Crippen molar-refractivity contribution in [1.29, 1.82) is 0 Å². The molecule has 0 bridgehead atoms. The van der Waals surface area contributed by atoms with Crippen LogP contribution in [0.4, 0.5) is 5.69 Å². The van der Waals surface area contributed by atoms with Crippen LogP contribution >= 0.6 is 0 Å². The van der Waals surface area contributed by atoms with E-state index in [0.29, 0.717) is 6.04 Å². The average Bonchev–Trinajstić information content (AvgIpc) is 2.74. The van der Waals surface area contributed by atoms with Crippen molar-refractivity contribution in [3.8, 4) is 0 Å². The molecule has 0 aliphatic carbocycles. The highest BCUT2D eigenvalue weighted by Gasteiger charge is 2.52. The molecule has 1 aliphatic heterocycles. The molecule has 0 saturated carbocycles. The van der Waals surface area contributed by atoms with Crippen molar-refractivity contribution in [2.24, 2.45) is 0 Å². The molecular weight excluding hydrogens is 322 g/mol. The lowest BCUT2D eigenvalue weighted by atomic mass is 10.1. The largest absolute Gasteiger partial charge is 0.394 e. The molecule has 1 aromatic rings. The molecule has 3 heteroatoms. The van der Waals surface area contributed by atoms with Gasteiger partial charge in [-0.05, 0) is 41.6 Å². The molecule has 1 nitrogen and oxygen atoms in total. The third-order valence-electron chi connectivity index (χ3n) is 6.35. The normalized spacial score (nSPS) is 18.9. The van der Waals surface area contributed by atoms with Crippen LogP contribution < -0.4 is 9.75 Å². The average molecular weight is 362 g/mol. The summed E-state index contributed by atoms with van der Waals surface area (Å²) in [6.45, 7) is 24.9. The Morgan fingerprint density at radius 2 is 1.42 bits per heavy atom. The topological polar surface area (TPSA) is 3.24 Å². The van der Waals surface area contributed by atoms with Gasteiger partial charge in [-0.25, -0.2) is 0 Å². The fourth-order valence-corrected chi connectivity index (χ4v) is 14.6. The summed E-state index contributed by atoms with van der Waals surface area (Å²) < 4.78 is 2.96. The lowest BCUT2D eigenvalue weighted by Gasteiger charge is -2.53. The van der Waals surface area contributed by atoms with Crippen molar-refractivity contribution >= 4 is 27.2 Å². The molecule has 2 rings (SSSR count). The summed E-state index contributed by atoms with van der Waals surface area (Å²) in [6.07, 6.45) is 1.25. The minimum absolute atomic E-state index is 0.649. The Balaban J connectivity index is 2.70. The van der Waals surface area contributed by atoms with Crippen LogP contribution in [0, 0.1) is 0 Å². The maximum atomic E-state index is 2.96. The Bertz CT molecular complexity index is 562. The number of anilines is 1. The molecule has 1 heterocycles. The van der Waals surface area contributed by atoms with Crippen LogP contribution in [0.5, 0.6) is 0 Å². The summed E-state index contributed by atoms with van der Waals surface area (Å²) in [4.78, 5) is 0. The highest BCUT2D eigenvalue weighted by atomic mass is 28.3. The zero-order valence-electron chi connectivity index (χ0n) is 17.7. The number of nitrogens with zero attached hydrogens (tertiary/aromatic N) is 1. The highest BCUT2D eigenvalue weighted by molar-refractivity contribution is 6.89. The zero-order valence-corrected chi connectivity index (χ0v) is 19.7. The van der Waals surface area contributed by atoms with Gasteiger partial charge in [0.05, 0.1) is 8.07 Å². The minimum Gasteiger partial charge on any atom is -0.394 e. The molecule has 1 atom stereocenters. The molecule has 0 spiro atoms. The van der Waals surface area contributed by atoms with Crippen molar-refractivity contribution in [3.05, 3.63) is 23.8 Å². The van der Waals surface area contributed by atoms with Gasteiger partial charge in [-0.15, -0.1) is 0 Å². The van der Waals surface area contributed by atoms with Crippen LogP contribution in [-0.2, 0) is 6.42 Å². The maximum Gasteiger partial charge on any atom is 0.164 e. The fraction of sp³-hybridized carbons (Fsp3) is 0.714. The van der Waals surface area contributed by atoms with Crippen molar-refractivity contribution in [3.63, 3.8) is 0 Å². The number of hydrogen-bond donors (Lipinski definition) is 0. The second kappa shape index (κ2) is 6.64. The maximum absolute atomic E-state index is 2.96. The van der Waals surface area contributed by atoms with E-state index in [1.54, 1.807) is 16.4 Å². The first kappa shape index (κ1) is 19.8. The fourth-order valence-electron chi connectivity index (χ4n) is 5.77. The van der Waals surface area contributed by atoms with Gasteiger partial charge in [0, 0.05) is 11.7 Å². The van der Waals surface area contributed by atoms with Gasteiger partial charge in [0.1, 0.15) is 0 Å². The first-order valence-corrected chi connectivity index (χ1v) is 15.5. The first-order valence-electron chi connectivity index (χ1n) is 9.87. The van der Waals surface area contributed by atoms with Gasteiger partial charge >= 0.3 is 0 Å². The van der Waals surface area contributed by atoms with Gasteiger partial charge in [0.15, 0.2) is 8.24 Å². The van der Waals surface area contributed by atoms with Crippen LogP contribution in [0.25, 0.3) is 0 Å². The molecule has 0 N–H and O–H groups in total. The Morgan fingerprint density at radius 1 is 0.917 bits per heavy atom. The van der Waals surface area contributed by atoms with Gasteiger partial charge in [-0.2, -0.15) is 0 Å². The lowest BCUT2D eigenvalue weighted by molar-refractivity contribution is 0.704. The summed E-state index contributed by atoms with van der Waals surface area (Å²) in [5.74, 6) is 0. The second-order valence-corrected chi connectivity index (χ2v) is 20.6. The smallest absolute Gasteiger partial charge is 0.164 e. The van der Waals surface area contributed by atoms with Gasteiger partial charge in [0.25, 0.3) is 0 Å². The summed E-state index contributed by atoms with van der Waals surface area (Å²) in [6, 6.07) is 7.83. The zero-order chi connectivity index (χ0) is 18.4. The van der Waals surface area contributed by atoms with E-state index in [1.165, 1.54) is 6.42 Å². The Kier molecular flexibility index (Phi) is 5.47. The molecule has 0 amide bonds. The van der Waals surface area contributed by atoms with E-state index in [1.807, 2.05) is 0 Å². The van der Waals surface area contributed by atoms with Crippen molar-refractivity contribution < 1.29 is 0 Å². The quantitative estimate of drug-likeness (QED) is 0.568. The van der Waals surface area contributed by atoms with E-state index in [-0.39, 0.29) is 0 Å². The molecule has 0 fully saturated rings. The van der Waals surface area contributed by atoms with Gasteiger partial charge in [0.2, 0.25) is 0 Å². The van der Waals surface area contributed by atoms with Crippen molar-refractivity contribution in [2.75, 3.05) is 4.57 Å². The number of rotatable bonds is 5. The predicted molar refractivity (Wildman–Crippen MR) is 116 cm³/mol. The predicted octanol–water partition coefficient (Wildman–Crippen LogP) is 6.16. The molecule has 24 heavy (non-hydrogen) atoms. The van der Waals surface area contributed by atoms with Gasteiger partial charge in [-0.1, -0.05) is 78.5 Å². The third kappa shape index (κ3) is 2.92. The Hall–Kier alpha value is -0.546. The van der Waals surface area contributed by atoms with Gasteiger partial charge in [-0.3, -0.25) is 0 Å².